The Hall–Kier alpha value is -1.61. The maximum Gasteiger partial charge on any atom is 0.109 e. The normalized spacial score (nSPS) is 10.8. The highest BCUT2D eigenvalue weighted by Gasteiger charge is 2.09. The third-order valence-electron chi connectivity index (χ3n) is 3.06. The zero-order chi connectivity index (χ0) is 12.4. The molecule has 2 N–H and O–H groups in total. The highest BCUT2D eigenvalue weighted by Crippen LogP contribution is 2.23. The van der Waals surface area contributed by atoms with E-state index in [1.807, 2.05) is 6.92 Å². The molecule has 3 nitrogen and oxygen atoms in total. The Kier molecular flexibility index (Phi) is 3.29. The number of imidazole rings is 1. The Morgan fingerprint density at radius 1 is 1.18 bits per heavy atom. The summed E-state index contributed by atoms with van der Waals surface area (Å²) in [4.78, 5) is 7.73. The molecule has 0 unspecified atom stereocenters. The van der Waals surface area contributed by atoms with Crippen LogP contribution in [0.5, 0.6) is 0 Å². The molecule has 0 fully saturated rings. The molecule has 0 atom stereocenters. The van der Waals surface area contributed by atoms with Crippen LogP contribution < -0.4 is 0 Å². The molecule has 0 aliphatic rings. The molecule has 0 bridgehead atoms. The lowest BCUT2D eigenvalue weighted by Gasteiger charge is -2.03. The van der Waals surface area contributed by atoms with Crippen LogP contribution in [0.25, 0.3) is 11.3 Å². The molecule has 1 heterocycles. The summed E-state index contributed by atoms with van der Waals surface area (Å²) >= 11 is 0. The van der Waals surface area contributed by atoms with Gasteiger partial charge in [0.1, 0.15) is 5.82 Å². The smallest absolute Gasteiger partial charge is 0.109 e. The topological polar surface area (TPSA) is 48.9 Å². The van der Waals surface area contributed by atoms with Crippen LogP contribution in [0.1, 0.15) is 22.6 Å². The molecule has 0 aliphatic heterocycles. The molecule has 3 heteroatoms. The van der Waals surface area contributed by atoms with Gasteiger partial charge in [-0.3, -0.25) is 0 Å². The van der Waals surface area contributed by atoms with Gasteiger partial charge in [-0.2, -0.15) is 0 Å². The minimum Gasteiger partial charge on any atom is -0.396 e. The van der Waals surface area contributed by atoms with Gasteiger partial charge in [-0.1, -0.05) is 12.1 Å². The van der Waals surface area contributed by atoms with Gasteiger partial charge in [0.2, 0.25) is 0 Å². The minimum absolute atomic E-state index is 0.124. The van der Waals surface area contributed by atoms with Crippen molar-refractivity contribution in [1.29, 1.82) is 0 Å². The number of hydrogen-bond donors (Lipinski definition) is 2. The number of rotatable bonds is 3. The summed E-state index contributed by atoms with van der Waals surface area (Å²) in [6.07, 6.45) is 0.575. The lowest BCUT2D eigenvalue weighted by molar-refractivity contribution is 0.297. The van der Waals surface area contributed by atoms with Gasteiger partial charge in [0.15, 0.2) is 0 Å². The molecule has 0 spiro atoms. The van der Waals surface area contributed by atoms with E-state index in [2.05, 4.69) is 42.0 Å². The molecule has 2 aromatic rings. The fraction of sp³-hybridized carbons (Fsp3) is 0.357. The van der Waals surface area contributed by atoms with Crippen LogP contribution in [0.2, 0.25) is 0 Å². The molecule has 2 rings (SSSR count). The van der Waals surface area contributed by atoms with Crippen LogP contribution in [0.3, 0.4) is 0 Å². The van der Waals surface area contributed by atoms with Crippen molar-refractivity contribution >= 4 is 0 Å². The molecule has 90 valence electrons. The zero-order valence-electron chi connectivity index (χ0n) is 10.5. The van der Waals surface area contributed by atoms with Gasteiger partial charge in [0.05, 0.1) is 12.3 Å². The van der Waals surface area contributed by atoms with Crippen molar-refractivity contribution in [3.63, 3.8) is 0 Å². The fourth-order valence-electron chi connectivity index (χ4n) is 1.92. The molecular formula is C14H18N2O. The Morgan fingerprint density at radius 2 is 1.94 bits per heavy atom. The van der Waals surface area contributed by atoms with Crippen molar-refractivity contribution in [3.05, 3.63) is 40.8 Å². The number of nitrogens with one attached hydrogen (secondary N) is 1. The second-order valence-electron chi connectivity index (χ2n) is 4.43. The summed E-state index contributed by atoms with van der Waals surface area (Å²) in [6.45, 7) is 6.35. The number of aliphatic hydroxyl groups excluding tert-OH is 1. The minimum atomic E-state index is 0.124. The highest BCUT2D eigenvalue weighted by molar-refractivity contribution is 5.63. The second-order valence-corrected chi connectivity index (χ2v) is 4.43. The van der Waals surface area contributed by atoms with E-state index in [0.29, 0.717) is 6.42 Å². The Labute approximate surface area is 102 Å². The van der Waals surface area contributed by atoms with Crippen LogP contribution in [-0.2, 0) is 6.42 Å². The van der Waals surface area contributed by atoms with Crippen molar-refractivity contribution in [2.45, 2.75) is 27.2 Å². The van der Waals surface area contributed by atoms with E-state index in [-0.39, 0.29) is 6.61 Å². The van der Waals surface area contributed by atoms with E-state index < -0.39 is 0 Å². The highest BCUT2D eigenvalue weighted by atomic mass is 16.3. The quantitative estimate of drug-likeness (QED) is 0.851. The zero-order valence-corrected chi connectivity index (χ0v) is 10.5. The third kappa shape index (κ3) is 2.39. The van der Waals surface area contributed by atoms with Crippen molar-refractivity contribution < 1.29 is 5.11 Å². The van der Waals surface area contributed by atoms with E-state index in [9.17, 15) is 0 Å². The summed E-state index contributed by atoms with van der Waals surface area (Å²) < 4.78 is 0. The van der Waals surface area contributed by atoms with Crippen molar-refractivity contribution in [1.82, 2.24) is 9.97 Å². The van der Waals surface area contributed by atoms with Gasteiger partial charge in [0, 0.05) is 17.7 Å². The predicted octanol–water partition coefficient (Wildman–Crippen LogP) is 2.54. The molecule has 0 amide bonds. The van der Waals surface area contributed by atoms with Gasteiger partial charge in [0.25, 0.3) is 0 Å². The first-order valence-corrected chi connectivity index (χ1v) is 5.86. The monoisotopic (exact) mass is 230 g/mol. The summed E-state index contributed by atoms with van der Waals surface area (Å²) in [5.41, 5.74) is 5.73. The Balaban J connectivity index is 2.41. The second kappa shape index (κ2) is 4.72. The summed E-state index contributed by atoms with van der Waals surface area (Å²) in [7, 11) is 0. The van der Waals surface area contributed by atoms with Crippen molar-refractivity contribution in [2.75, 3.05) is 6.61 Å². The average molecular weight is 230 g/mol. The van der Waals surface area contributed by atoms with Crippen LogP contribution >= 0.6 is 0 Å². The average Bonchev–Trinajstić information content (AvgIpc) is 2.64. The van der Waals surface area contributed by atoms with Crippen LogP contribution in [-0.4, -0.2) is 21.7 Å². The number of aryl methyl sites for hydroxylation is 3. The van der Waals surface area contributed by atoms with Crippen molar-refractivity contribution in [3.8, 4) is 11.3 Å². The van der Waals surface area contributed by atoms with E-state index >= 15 is 0 Å². The van der Waals surface area contributed by atoms with E-state index in [1.54, 1.807) is 0 Å². The third-order valence-corrected chi connectivity index (χ3v) is 3.06. The van der Waals surface area contributed by atoms with E-state index in [1.165, 1.54) is 11.1 Å². The maximum atomic E-state index is 8.91. The van der Waals surface area contributed by atoms with Crippen LogP contribution in [0.15, 0.2) is 18.2 Å². The number of hydrogen-bond acceptors (Lipinski definition) is 2. The number of nitrogens with zero attached hydrogens (tertiary/aromatic N) is 1. The number of benzene rings is 1. The summed E-state index contributed by atoms with van der Waals surface area (Å²) in [5, 5.41) is 8.91. The SMILES string of the molecule is Cc1ccc(-c2nc(CCO)[nH]c2C)cc1C. The molecule has 1 aromatic carbocycles. The summed E-state index contributed by atoms with van der Waals surface area (Å²) in [5.74, 6) is 0.846. The number of aromatic amines is 1. The first-order valence-electron chi connectivity index (χ1n) is 5.86. The largest absolute Gasteiger partial charge is 0.396 e. The molecular weight excluding hydrogens is 212 g/mol. The molecule has 0 saturated heterocycles. The standard InChI is InChI=1S/C14H18N2O/c1-9-4-5-12(8-10(9)2)14-11(3)15-13(16-14)6-7-17/h4-5,8,17H,6-7H2,1-3H3,(H,15,16). The number of aromatic nitrogens is 2. The molecule has 0 saturated carbocycles. The van der Waals surface area contributed by atoms with E-state index in [0.717, 1.165) is 22.8 Å². The van der Waals surface area contributed by atoms with Gasteiger partial charge < -0.3 is 10.1 Å². The predicted molar refractivity (Wildman–Crippen MR) is 69.0 cm³/mol. The number of aliphatic hydroxyl groups is 1. The molecule has 1 aromatic heterocycles. The lowest BCUT2D eigenvalue weighted by atomic mass is 10.0. The van der Waals surface area contributed by atoms with E-state index in [4.69, 9.17) is 5.11 Å². The maximum absolute atomic E-state index is 8.91. The summed E-state index contributed by atoms with van der Waals surface area (Å²) in [6, 6.07) is 6.36. The Bertz CT molecular complexity index is 529. The van der Waals surface area contributed by atoms with Gasteiger partial charge in [-0.15, -0.1) is 0 Å². The Morgan fingerprint density at radius 3 is 2.59 bits per heavy atom. The van der Waals surface area contributed by atoms with Crippen LogP contribution in [0.4, 0.5) is 0 Å². The molecule has 0 radical (unpaired) electrons. The van der Waals surface area contributed by atoms with Crippen molar-refractivity contribution in [2.24, 2.45) is 0 Å². The van der Waals surface area contributed by atoms with Gasteiger partial charge >= 0.3 is 0 Å². The lowest BCUT2D eigenvalue weighted by Crippen LogP contribution is -1.92. The molecule has 17 heavy (non-hydrogen) atoms. The molecule has 0 aliphatic carbocycles. The number of H-pyrrole nitrogens is 1. The first kappa shape index (κ1) is 11.9. The van der Waals surface area contributed by atoms with Gasteiger partial charge in [-0.05, 0) is 38.0 Å². The van der Waals surface area contributed by atoms with Crippen LogP contribution in [0, 0.1) is 20.8 Å². The first-order chi connectivity index (χ1) is 8.11. The van der Waals surface area contributed by atoms with Gasteiger partial charge in [-0.25, -0.2) is 4.98 Å². The fourth-order valence-corrected chi connectivity index (χ4v) is 1.92.